The number of nitro groups is 1. The second-order valence-electron chi connectivity index (χ2n) is 8.49. The maximum atomic E-state index is 12.3. The van der Waals surface area contributed by atoms with Crippen molar-refractivity contribution >= 4 is 17.7 Å². The van der Waals surface area contributed by atoms with Gasteiger partial charge in [0.05, 0.1) is 10.5 Å². The summed E-state index contributed by atoms with van der Waals surface area (Å²) in [4.78, 5) is 34.3. The smallest absolute Gasteiger partial charge is 0.407 e. The van der Waals surface area contributed by atoms with Crippen LogP contribution in [-0.4, -0.2) is 51.6 Å². The molecule has 0 aliphatic heterocycles. The van der Waals surface area contributed by atoms with E-state index >= 15 is 0 Å². The summed E-state index contributed by atoms with van der Waals surface area (Å²) in [5.41, 5.74) is 3.13. The minimum atomic E-state index is -1.68. The van der Waals surface area contributed by atoms with Crippen molar-refractivity contribution in [1.29, 1.82) is 0 Å². The van der Waals surface area contributed by atoms with E-state index in [2.05, 4.69) is 5.32 Å². The first-order chi connectivity index (χ1) is 17.2. The molecule has 2 unspecified atom stereocenters. The summed E-state index contributed by atoms with van der Waals surface area (Å²) >= 11 is 0. The van der Waals surface area contributed by atoms with Crippen LogP contribution in [0.3, 0.4) is 0 Å². The SMILES string of the molecule is Cc1c(C(=O)O)cc(C(O)C(O)CNC(=O)OCC2c3ccccc3-c3ccccc32)cc1[N+](=O)[O-]. The average molecular weight is 492 g/mol. The number of rotatable bonds is 8. The number of amides is 1. The number of benzene rings is 3. The highest BCUT2D eigenvalue weighted by atomic mass is 16.6. The number of nitro benzene ring substituents is 1. The predicted octanol–water partition coefficient (Wildman–Crippen LogP) is 3.53. The van der Waals surface area contributed by atoms with E-state index in [1.54, 1.807) is 0 Å². The molecular formula is C26H24N2O8. The Labute approximate surface area is 205 Å². The van der Waals surface area contributed by atoms with E-state index in [4.69, 9.17) is 4.74 Å². The Morgan fingerprint density at radius 2 is 1.64 bits per heavy atom. The molecule has 1 aliphatic carbocycles. The molecule has 3 aromatic rings. The van der Waals surface area contributed by atoms with E-state index in [-0.39, 0.29) is 29.2 Å². The standard InChI is InChI=1S/C26H24N2O8/c1-14-20(25(31)32)10-15(11-22(14)28(34)35)24(30)23(29)12-27-26(33)36-13-21-18-8-4-2-6-16(18)17-7-3-5-9-19(17)21/h2-11,21,23-24,29-30H,12-13H2,1H3,(H,27,33)(H,31,32). The molecule has 36 heavy (non-hydrogen) atoms. The molecule has 0 heterocycles. The first-order valence-corrected chi connectivity index (χ1v) is 11.2. The maximum Gasteiger partial charge on any atom is 0.407 e. The summed E-state index contributed by atoms with van der Waals surface area (Å²) < 4.78 is 5.38. The molecule has 10 heteroatoms. The number of nitrogens with one attached hydrogen (secondary N) is 1. The Kier molecular flexibility index (Phi) is 7.00. The van der Waals surface area contributed by atoms with Gasteiger partial charge in [-0.3, -0.25) is 10.1 Å². The number of ether oxygens (including phenoxy) is 1. The van der Waals surface area contributed by atoms with Gasteiger partial charge in [-0.1, -0.05) is 48.5 Å². The van der Waals surface area contributed by atoms with Gasteiger partial charge in [0.25, 0.3) is 5.69 Å². The van der Waals surface area contributed by atoms with Gasteiger partial charge in [-0.15, -0.1) is 0 Å². The molecule has 0 fully saturated rings. The monoisotopic (exact) mass is 492 g/mol. The van der Waals surface area contributed by atoms with E-state index in [9.17, 15) is 35.0 Å². The summed E-state index contributed by atoms with van der Waals surface area (Å²) in [5, 5.41) is 43.8. The van der Waals surface area contributed by atoms with E-state index in [0.717, 1.165) is 34.4 Å². The molecule has 1 amide bonds. The number of aliphatic hydroxyl groups excluding tert-OH is 2. The summed E-state index contributed by atoms with van der Waals surface area (Å²) in [6.07, 6.45) is -4.07. The molecule has 4 N–H and O–H groups in total. The third-order valence-corrected chi connectivity index (χ3v) is 6.33. The minimum Gasteiger partial charge on any atom is -0.478 e. The normalized spacial score (nSPS) is 13.9. The highest BCUT2D eigenvalue weighted by Gasteiger charge is 2.30. The zero-order valence-electron chi connectivity index (χ0n) is 19.2. The van der Waals surface area contributed by atoms with Gasteiger partial charge in [-0.05, 0) is 40.8 Å². The Morgan fingerprint density at radius 3 is 2.19 bits per heavy atom. The number of carboxylic acid groups (broad SMARTS) is 1. The number of carbonyl (C=O) groups excluding carboxylic acids is 1. The minimum absolute atomic E-state index is 0.0602. The van der Waals surface area contributed by atoms with Crippen molar-refractivity contribution < 1.29 is 34.6 Å². The number of aliphatic hydroxyl groups is 2. The maximum absolute atomic E-state index is 12.3. The van der Waals surface area contributed by atoms with E-state index in [0.29, 0.717) is 0 Å². The first kappa shape index (κ1) is 24.8. The van der Waals surface area contributed by atoms with Crippen molar-refractivity contribution in [1.82, 2.24) is 5.32 Å². The Bertz CT molecular complexity index is 1260. The summed E-state index contributed by atoms with van der Waals surface area (Å²) in [5.74, 6) is -1.56. The lowest BCUT2D eigenvalue weighted by Crippen LogP contribution is -2.36. The van der Waals surface area contributed by atoms with Crippen molar-refractivity contribution in [3.8, 4) is 11.1 Å². The van der Waals surface area contributed by atoms with Crippen LogP contribution >= 0.6 is 0 Å². The topological polar surface area (TPSA) is 159 Å². The predicted molar refractivity (Wildman–Crippen MR) is 129 cm³/mol. The quantitative estimate of drug-likeness (QED) is 0.274. The van der Waals surface area contributed by atoms with Gasteiger partial charge < -0.3 is 25.4 Å². The molecular weight excluding hydrogens is 468 g/mol. The molecule has 0 radical (unpaired) electrons. The van der Waals surface area contributed by atoms with Gasteiger partial charge in [0.2, 0.25) is 0 Å². The van der Waals surface area contributed by atoms with Gasteiger partial charge >= 0.3 is 12.1 Å². The second-order valence-corrected chi connectivity index (χ2v) is 8.49. The van der Waals surface area contributed by atoms with Crippen molar-refractivity contribution in [2.24, 2.45) is 0 Å². The van der Waals surface area contributed by atoms with Crippen LogP contribution in [0.4, 0.5) is 10.5 Å². The molecule has 186 valence electrons. The molecule has 10 nitrogen and oxygen atoms in total. The Hall–Kier alpha value is -4.28. The lowest BCUT2D eigenvalue weighted by molar-refractivity contribution is -0.385. The number of hydrogen-bond acceptors (Lipinski definition) is 7. The van der Waals surface area contributed by atoms with E-state index in [1.807, 2.05) is 48.5 Å². The van der Waals surface area contributed by atoms with E-state index in [1.165, 1.54) is 6.92 Å². The largest absolute Gasteiger partial charge is 0.478 e. The number of carbonyl (C=O) groups is 2. The molecule has 4 rings (SSSR count). The average Bonchev–Trinajstić information content (AvgIpc) is 3.19. The summed E-state index contributed by atoms with van der Waals surface area (Å²) in [6, 6.07) is 17.8. The highest BCUT2D eigenvalue weighted by molar-refractivity contribution is 5.91. The number of aromatic carboxylic acids is 1. The zero-order chi connectivity index (χ0) is 26.0. The van der Waals surface area contributed by atoms with Crippen LogP contribution in [0.1, 0.15) is 44.6 Å². The van der Waals surface area contributed by atoms with Gasteiger partial charge in [0.1, 0.15) is 18.8 Å². The number of hydrogen-bond donors (Lipinski definition) is 4. The van der Waals surface area contributed by atoms with Crippen LogP contribution in [0.15, 0.2) is 60.7 Å². The van der Waals surface area contributed by atoms with Crippen molar-refractivity contribution in [3.05, 3.63) is 98.6 Å². The van der Waals surface area contributed by atoms with Crippen molar-refractivity contribution in [2.45, 2.75) is 25.0 Å². The van der Waals surface area contributed by atoms with Crippen LogP contribution < -0.4 is 5.32 Å². The molecule has 2 atom stereocenters. The third-order valence-electron chi connectivity index (χ3n) is 6.33. The van der Waals surface area contributed by atoms with Gasteiger partial charge in [-0.2, -0.15) is 0 Å². The number of carboxylic acids is 1. The molecule has 0 saturated carbocycles. The van der Waals surface area contributed by atoms with Crippen molar-refractivity contribution in [2.75, 3.05) is 13.2 Å². The van der Waals surface area contributed by atoms with Gasteiger partial charge in [-0.25, -0.2) is 9.59 Å². The summed E-state index contributed by atoms with van der Waals surface area (Å²) in [6.45, 7) is 0.916. The Balaban J connectivity index is 1.39. The fourth-order valence-corrected chi connectivity index (χ4v) is 4.47. The first-order valence-electron chi connectivity index (χ1n) is 11.2. The van der Waals surface area contributed by atoms with Crippen LogP contribution in [0.25, 0.3) is 11.1 Å². The third kappa shape index (κ3) is 4.77. The fraction of sp³-hybridized carbons (Fsp3) is 0.231. The molecule has 0 aromatic heterocycles. The fourth-order valence-electron chi connectivity index (χ4n) is 4.47. The van der Waals surface area contributed by atoms with Gasteiger partial charge in [0, 0.05) is 24.1 Å². The van der Waals surface area contributed by atoms with Crippen LogP contribution in [0.5, 0.6) is 0 Å². The van der Waals surface area contributed by atoms with Crippen LogP contribution in [0.2, 0.25) is 0 Å². The summed E-state index contributed by atoms with van der Waals surface area (Å²) in [7, 11) is 0. The van der Waals surface area contributed by atoms with Crippen LogP contribution in [0, 0.1) is 17.0 Å². The molecule has 0 saturated heterocycles. The molecule has 3 aromatic carbocycles. The lowest BCUT2D eigenvalue weighted by atomic mass is 9.97. The van der Waals surface area contributed by atoms with Gasteiger partial charge in [0.15, 0.2) is 0 Å². The number of nitrogens with zero attached hydrogens (tertiary/aromatic N) is 1. The molecule has 0 spiro atoms. The van der Waals surface area contributed by atoms with Crippen molar-refractivity contribution in [3.63, 3.8) is 0 Å². The van der Waals surface area contributed by atoms with Crippen LogP contribution in [-0.2, 0) is 4.74 Å². The van der Waals surface area contributed by atoms with E-state index < -0.39 is 41.4 Å². The Morgan fingerprint density at radius 1 is 1.06 bits per heavy atom. The highest BCUT2D eigenvalue weighted by Crippen LogP contribution is 2.44. The lowest BCUT2D eigenvalue weighted by Gasteiger charge is -2.20. The second kappa shape index (κ2) is 10.1. The number of alkyl carbamates (subject to hydrolysis) is 1. The zero-order valence-corrected chi connectivity index (χ0v) is 19.2. The molecule has 1 aliphatic rings. The number of fused-ring (bicyclic) bond motifs is 3. The molecule has 0 bridgehead atoms.